The van der Waals surface area contributed by atoms with Crippen LogP contribution < -0.4 is 16.4 Å². The molecule has 5 N–H and O–H groups in total. The molecule has 2 aromatic carbocycles. The number of hydrogen-bond donors (Lipinski definition) is 4. The van der Waals surface area contributed by atoms with Crippen LogP contribution in [0.2, 0.25) is 0 Å². The van der Waals surface area contributed by atoms with Gasteiger partial charge in [0.2, 0.25) is 17.7 Å². The minimum Gasteiger partial charge on any atom is -0.508 e. The Morgan fingerprint density at radius 1 is 1.06 bits per heavy atom. The first kappa shape index (κ1) is 23.8. The molecule has 2 aliphatic rings. The summed E-state index contributed by atoms with van der Waals surface area (Å²) in [7, 11) is 0. The summed E-state index contributed by atoms with van der Waals surface area (Å²) >= 11 is 0. The highest BCUT2D eigenvalue weighted by Crippen LogP contribution is 2.43. The molecule has 180 valence electrons. The van der Waals surface area contributed by atoms with E-state index in [9.17, 15) is 19.5 Å². The van der Waals surface area contributed by atoms with Crippen LogP contribution in [-0.2, 0) is 20.8 Å². The molecule has 0 aromatic heterocycles. The first-order chi connectivity index (χ1) is 16.5. The average Bonchev–Trinajstić information content (AvgIpc) is 3.25. The van der Waals surface area contributed by atoms with E-state index in [1.165, 1.54) is 0 Å². The summed E-state index contributed by atoms with van der Waals surface area (Å²) in [5, 5.41) is 15.6. The second kappa shape index (κ2) is 10.7. The van der Waals surface area contributed by atoms with Gasteiger partial charge in [0.05, 0.1) is 12.0 Å². The van der Waals surface area contributed by atoms with Gasteiger partial charge in [0.15, 0.2) is 0 Å². The van der Waals surface area contributed by atoms with Crippen molar-refractivity contribution >= 4 is 17.7 Å². The molecule has 34 heavy (non-hydrogen) atoms. The van der Waals surface area contributed by atoms with Gasteiger partial charge >= 0.3 is 0 Å². The second-order valence-electron chi connectivity index (χ2n) is 9.03. The lowest BCUT2D eigenvalue weighted by molar-refractivity contribution is -0.149. The quantitative estimate of drug-likeness (QED) is 0.420. The van der Waals surface area contributed by atoms with Crippen LogP contribution in [0.1, 0.15) is 42.9 Å². The average molecular weight is 465 g/mol. The van der Waals surface area contributed by atoms with E-state index in [1.807, 2.05) is 30.3 Å². The van der Waals surface area contributed by atoms with Crippen molar-refractivity contribution in [2.45, 2.75) is 50.2 Å². The molecule has 0 radical (unpaired) electrons. The maximum atomic E-state index is 13.6. The lowest BCUT2D eigenvalue weighted by Gasteiger charge is -2.38. The van der Waals surface area contributed by atoms with Gasteiger partial charge in [-0.3, -0.25) is 14.4 Å². The number of phenolic OH excluding ortho intramolecular Hbond substituents is 1. The Hall–Kier alpha value is -3.39. The van der Waals surface area contributed by atoms with Gasteiger partial charge in [0, 0.05) is 13.0 Å². The normalized spacial score (nSPS) is 24.0. The Morgan fingerprint density at radius 2 is 1.79 bits per heavy atom. The molecule has 0 bridgehead atoms. The predicted molar refractivity (Wildman–Crippen MR) is 128 cm³/mol. The number of amides is 3. The topological polar surface area (TPSA) is 125 Å². The highest BCUT2D eigenvalue weighted by atomic mass is 16.3. The summed E-state index contributed by atoms with van der Waals surface area (Å²) in [5.74, 6) is -1.05. The molecule has 0 aliphatic carbocycles. The lowest BCUT2D eigenvalue weighted by Crippen LogP contribution is -2.62. The standard InChI is InChI=1S/C26H32N4O4/c27-13-5-2-6-14-28-24(32)20-16-22-25(33)29-21(15-17-7-3-1-4-8-17)26(34)30(22)23(20)18-9-11-19(31)12-10-18/h1,3-4,7-12,20-23,31H,2,5-6,13-16,27H2,(H,28,32)(H,29,33)/t20-,21+,22-,23-/m1/s1. The maximum Gasteiger partial charge on any atom is 0.246 e. The largest absolute Gasteiger partial charge is 0.508 e. The van der Waals surface area contributed by atoms with Crippen LogP contribution in [0.5, 0.6) is 5.75 Å². The van der Waals surface area contributed by atoms with Crippen LogP contribution in [0.4, 0.5) is 0 Å². The molecule has 0 spiro atoms. The fourth-order valence-corrected chi connectivity index (χ4v) is 5.00. The van der Waals surface area contributed by atoms with E-state index in [1.54, 1.807) is 29.2 Å². The van der Waals surface area contributed by atoms with Gasteiger partial charge in [0.1, 0.15) is 17.8 Å². The van der Waals surface area contributed by atoms with Crippen molar-refractivity contribution in [2.24, 2.45) is 11.7 Å². The van der Waals surface area contributed by atoms with E-state index in [2.05, 4.69) is 10.6 Å². The molecule has 2 heterocycles. The fourth-order valence-electron chi connectivity index (χ4n) is 5.00. The Morgan fingerprint density at radius 3 is 2.50 bits per heavy atom. The molecular weight excluding hydrogens is 432 g/mol. The predicted octanol–water partition coefficient (Wildman–Crippen LogP) is 1.64. The third-order valence-electron chi connectivity index (χ3n) is 6.70. The Labute approximate surface area is 199 Å². The van der Waals surface area contributed by atoms with E-state index >= 15 is 0 Å². The zero-order chi connectivity index (χ0) is 24.1. The molecule has 4 rings (SSSR count). The first-order valence-corrected chi connectivity index (χ1v) is 11.9. The summed E-state index contributed by atoms with van der Waals surface area (Å²) in [6, 6.07) is 14.1. The summed E-state index contributed by atoms with van der Waals surface area (Å²) in [4.78, 5) is 41.5. The summed E-state index contributed by atoms with van der Waals surface area (Å²) in [6.45, 7) is 1.15. The first-order valence-electron chi connectivity index (χ1n) is 11.9. The maximum absolute atomic E-state index is 13.6. The van der Waals surface area contributed by atoms with Crippen molar-refractivity contribution in [1.29, 1.82) is 0 Å². The van der Waals surface area contributed by atoms with E-state index in [-0.39, 0.29) is 29.9 Å². The number of nitrogens with two attached hydrogens (primary N) is 1. The van der Waals surface area contributed by atoms with Crippen molar-refractivity contribution in [3.05, 3.63) is 65.7 Å². The van der Waals surface area contributed by atoms with E-state index in [4.69, 9.17) is 5.73 Å². The molecule has 2 aromatic rings. The zero-order valence-corrected chi connectivity index (χ0v) is 19.2. The molecular formula is C26H32N4O4. The van der Waals surface area contributed by atoms with Gasteiger partial charge in [-0.25, -0.2) is 0 Å². The molecule has 4 atom stereocenters. The number of unbranched alkanes of at least 4 members (excludes halogenated alkanes) is 2. The molecule has 2 saturated heterocycles. The summed E-state index contributed by atoms with van der Waals surface area (Å²) < 4.78 is 0. The number of fused-ring (bicyclic) bond motifs is 1. The Balaban J connectivity index is 1.58. The Bertz CT molecular complexity index is 1010. The number of rotatable bonds is 9. The van der Waals surface area contributed by atoms with Crippen LogP contribution in [0, 0.1) is 5.92 Å². The molecule has 2 aliphatic heterocycles. The second-order valence-corrected chi connectivity index (χ2v) is 9.03. The van der Waals surface area contributed by atoms with Crippen LogP contribution in [-0.4, -0.2) is 52.9 Å². The molecule has 8 nitrogen and oxygen atoms in total. The molecule has 0 saturated carbocycles. The van der Waals surface area contributed by atoms with Gasteiger partial charge in [-0.05, 0) is 49.1 Å². The van der Waals surface area contributed by atoms with Gasteiger partial charge in [-0.2, -0.15) is 0 Å². The number of nitrogens with zero attached hydrogens (tertiary/aromatic N) is 1. The van der Waals surface area contributed by atoms with E-state index in [0.29, 0.717) is 19.5 Å². The van der Waals surface area contributed by atoms with Crippen molar-refractivity contribution in [1.82, 2.24) is 15.5 Å². The SMILES string of the molecule is NCCCCCNC(=O)[C@@H]1C[C@@H]2C(=O)N[C@@H](Cc3ccccc3)C(=O)N2[C@@H]1c1ccc(O)cc1. The van der Waals surface area contributed by atoms with Crippen LogP contribution >= 0.6 is 0 Å². The number of piperazine rings is 1. The minimum atomic E-state index is -0.702. The van der Waals surface area contributed by atoms with Crippen LogP contribution in [0.3, 0.4) is 0 Å². The highest BCUT2D eigenvalue weighted by molar-refractivity contribution is 5.99. The number of nitrogens with one attached hydrogen (secondary N) is 2. The third-order valence-corrected chi connectivity index (χ3v) is 6.70. The van der Waals surface area contributed by atoms with Gasteiger partial charge in [-0.1, -0.05) is 48.9 Å². The van der Waals surface area contributed by atoms with Gasteiger partial charge < -0.3 is 26.4 Å². The van der Waals surface area contributed by atoms with Crippen molar-refractivity contribution < 1.29 is 19.5 Å². The minimum absolute atomic E-state index is 0.101. The molecule has 3 amide bonds. The fraction of sp³-hybridized carbons (Fsp3) is 0.423. The number of carbonyl (C=O) groups excluding carboxylic acids is 3. The smallest absolute Gasteiger partial charge is 0.246 e. The number of hydrogen-bond acceptors (Lipinski definition) is 5. The molecule has 8 heteroatoms. The van der Waals surface area contributed by atoms with Crippen LogP contribution in [0.25, 0.3) is 0 Å². The van der Waals surface area contributed by atoms with E-state index in [0.717, 1.165) is 30.4 Å². The van der Waals surface area contributed by atoms with Crippen molar-refractivity contribution in [3.63, 3.8) is 0 Å². The van der Waals surface area contributed by atoms with E-state index < -0.39 is 24.0 Å². The van der Waals surface area contributed by atoms with Gasteiger partial charge in [-0.15, -0.1) is 0 Å². The summed E-state index contributed by atoms with van der Waals surface area (Å²) in [5.41, 5.74) is 7.21. The third kappa shape index (κ3) is 5.07. The number of aromatic hydroxyl groups is 1. The molecule has 2 fully saturated rings. The number of phenols is 1. The monoisotopic (exact) mass is 464 g/mol. The summed E-state index contributed by atoms with van der Waals surface area (Å²) in [6.07, 6.45) is 3.30. The van der Waals surface area contributed by atoms with Crippen molar-refractivity contribution in [2.75, 3.05) is 13.1 Å². The zero-order valence-electron chi connectivity index (χ0n) is 19.2. The highest BCUT2D eigenvalue weighted by Gasteiger charge is 2.54. The van der Waals surface area contributed by atoms with Gasteiger partial charge in [0.25, 0.3) is 0 Å². The van der Waals surface area contributed by atoms with Crippen molar-refractivity contribution in [3.8, 4) is 5.75 Å². The lowest BCUT2D eigenvalue weighted by atomic mass is 9.92. The molecule has 0 unspecified atom stereocenters. The Kier molecular flexibility index (Phi) is 7.47. The van der Waals surface area contributed by atoms with Crippen LogP contribution in [0.15, 0.2) is 54.6 Å². The number of benzene rings is 2. The number of carbonyl (C=O) groups is 3.